The number of nitriles is 1. The van der Waals surface area contributed by atoms with Gasteiger partial charge in [-0.3, -0.25) is 14.5 Å². The molecule has 4 N–H and O–H groups in total. The average Bonchev–Trinajstić information content (AvgIpc) is 3.43. The molecule has 1 unspecified atom stereocenters. The quantitative estimate of drug-likeness (QED) is 0.294. The number of hydrogen-bond acceptors (Lipinski definition) is 11. The summed E-state index contributed by atoms with van der Waals surface area (Å²) in [5.74, 6) is -1.37. The zero-order valence-electron chi connectivity index (χ0n) is 23.6. The predicted octanol–water partition coefficient (Wildman–Crippen LogP) is 4.92. The van der Waals surface area contributed by atoms with Gasteiger partial charge in [0.1, 0.15) is 11.6 Å². The molecule has 0 bridgehead atoms. The lowest BCUT2D eigenvalue weighted by atomic mass is 9.68. The molecule has 1 aromatic heterocycles. The number of carboxylic acid groups (broad SMARTS) is 1. The van der Waals surface area contributed by atoms with E-state index >= 15 is 0 Å². The number of aromatic nitrogens is 2. The first-order valence-corrected chi connectivity index (χ1v) is 15.0. The van der Waals surface area contributed by atoms with E-state index in [0.717, 1.165) is 0 Å². The number of thioether (sulfide) groups is 1. The normalized spacial score (nSPS) is 17.8. The van der Waals surface area contributed by atoms with Crippen molar-refractivity contribution < 1.29 is 24.2 Å². The average molecular weight is 617 g/mol. The number of ketones is 1. The minimum atomic E-state index is -1.05. The van der Waals surface area contributed by atoms with Crippen molar-refractivity contribution >= 4 is 51.6 Å². The van der Waals surface area contributed by atoms with Gasteiger partial charge in [0.15, 0.2) is 10.1 Å². The molecule has 13 heteroatoms. The fraction of sp³-hybridized carbons (Fsp3) is 0.267. The molecule has 11 nitrogen and oxygen atoms in total. The van der Waals surface area contributed by atoms with E-state index < -0.39 is 11.9 Å². The number of ether oxygens (including phenoxy) is 1. The highest BCUT2D eigenvalue weighted by Crippen LogP contribution is 2.52. The molecule has 2 heterocycles. The molecule has 2 aliphatic rings. The Balaban J connectivity index is 1.44. The molecule has 220 valence electrons. The number of allylic oxidation sites excluding steroid dienone is 3. The molecule has 0 spiro atoms. The molecule has 1 atom stereocenters. The number of amides is 1. The van der Waals surface area contributed by atoms with Crippen molar-refractivity contribution in [2.45, 2.75) is 36.9 Å². The summed E-state index contributed by atoms with van der Waals surface area (Å²) in [6, 6.07) is 15.4. The Labute approximate surface area is 256 Å². The molecule has 3 aromatic rings. The first-order chi connectivity index (χ1) is 20.5. The van der Waals surface area contributed by atoms with Crippen LogP contribution in [0.5, 0.6) is 5.75 Å². The SMILES string of the molecule is COc1ccccc1C1C(C#N)=C(N)N(c2nnc(SCC(=O)Nc3ccc(C(=O)O)cc3)s2)C2=C1C(=O)CC(C)(C)C2. The maximum absolute atomic E-state index is 13.7. The van der Waals surface area contributed by atoms with Crippen molar-refractivity contribution in [1.82, 2.24) is 10.2 Å². The Morgan fingerprint density at radius 3 is 2.60 bits per heavy atom. The summed E-state index contributed by atoms with van der Waals surface area (Å²) in [5.41, 5.74) is 9.00. The van der Waals surface area contributed by atoms with E-state index in [2.05, 4.69) is 21.6 Å². The van der Waals surface area contributed by atoms with Crippen LogP contribution in [0.1, 0.15) is 48.5 Å². The van der Waals surface area contributed by atoms with Gasteiger partial charge in [-0.2, -0.15) is 5.26 Å². The first kappa shape index (κ1) is 29.8. The Kier molecular flexibility index (Phi) is 8.25. The topological polar surface area (TPSA) is 172 Å². The van der Waals surface area contributed by atoms with Crippen LogP contribution in [0.4, 0.5) is 10.8 Å². The van der Waals surface area contributed by atoms with E-state index in [9.17, 15) is 19.6 Å². The van der Waals surface area contributed by atoms with Crippen LogP contribution in [0.2, 0.25) is 0 Å². The first-order valence-electron chi connectivity index (χ1n) is 13.2. The molecule has 2 aromatic carbocycles. The van der Waals surface area contributed by atoms with E-state index in [-0.39, 0.29) is 39.8 Å². The fourth-order valence-corrected chi connectivity index (χ4v) is 7.00. The molecular formula is C30H28N6O5S2. The van der Waals surface area contributed by atoms with E-state index in [4.69, 9.17) is 15.6 Å². The van der Waals surface area contributed by atoms with Crippen LogP contribution in [0.25, 0.3) is 0 Å². The summed E-state index contributed by atoms with van der Waals surface area (Å²) in [6.07, 6.45) is 0.833. The molecule has 0 saturated carbocycles. The minimum Gasteiger partial charge on any atom is -0.496 e. The van der Waals surface area contributed by atoms with Gasteiger partial charge in [-0.25, -0.2) is 4.79 Å². The molecule has 0 fully saturated rings. The van der Waals surface area contributed by atoms with E-state index in [1.807, 2.05) is 32.0 Å². The van der Waals surface area contributed by atoms with Crippen molar-refractivity contribution in [3.63, 3.8) is 0 Å². The van der Waals surface area contributed by atoms with Crippen LogP contribution in [0.3, 0.4) is 0 Å². The summed E-state index contributed by atoms with van der Waals surface area (Å²) in [6.45, 7) is 4.03. The molecule has 5 rings (SSSR count). The highest BCUT2D eigenvalue weighted by molar-refractivity contribution is 8.01. The second-order valence-corrected chi connectivity index (χ2v) is 13.0. The number of carbonyl (C=O) groups excluding carboxylic acids is 2. The third-order valence-corrected chi connectivity index (χ3v) is 9.20. The number of nitrogens with zero attached hydrogens (tertiary/aromatic N) is 4. The number of hydrogen-bond donors (Lipinski definition) is 3. The predicted molar refractivity (Wildman–Crippen MR) is 163 cm³/mol. The third-order valence-electron chi connectivity index (χ3n) is 7.16. The number of carbonyl (C=O) groups is 3. The molecule has 0 saturated heterocycles. The smallest absolute Gasteiger partial charge is 0.335 e. The van der Waals surface area contributed by atoms with Crippen molar-refractivity contribution in [3.8, 4) is 11.8 Å². The van der Waals surface area contributed by atoms with Crippen LogP contribution in [-0.4, -0.2) is 45.8 Å². The van der Waals surface area contributed by atoms with Gasteiger partial charge in [-0.15, -0.1) is 10.2 Å². The Morgan fingerprint density at radius 2 is 1.93 bits per heavy atom. The van der Waals surface area contributed by atoms with Crippen molar-refractivity contribution in [3.05, 3.63) is 82.3 Å². The number of anilines is 2. The second kappa shape index (κ2) is 11.9. The second-order valence-electron chi connectivity index (χ2n) is 10.8. The largest absolute Gasteiger partial charge is 0.496 e. The number of nitrogens with two attached hydrogens (primary N) is 1. The highest BCUT2D eigenvalue weighted by atomic mass is 32.2. The summed E-state index contributed by atoms with van der Waals surface area (Å²) in [7, 11) is 1.55. The van der Waals surface area contributed by atoms with Crippen molar-refractivity contribution in [2.75, 3.05) is 23.1 Å². The van der Waals surface area contributed by atoms with Crippen molar-refractivity contribution in [1.29, 1.82) is 5.26 Å². The highest BCUT2D eigenvalue weighted by Gasteiger charge is 2.46. The molecule has 1 amide bonds. The maximum atomic E-state index is 13.7. The van der Waals surface area contributed by atoms with Crippen LogP contribution in [0, 0.1) is 16.7 Å². The fourth-order valence-electron chi connectivity index (χ4n) is 5.31. The number of aromatic carboxylic acids is 1. The molecule has 1 aliphatic carbocycles. The van der Waals surface area contributed by atoms with Gasteiger partial charge in [0.25, 0.3) is 0 Å². The standard InChI is InChI=1S/C30H28N6O5S2/c1-30(2)12-20-25(21(37)13-30)24(18-6-4-5-7-22(18)41-3)19(14-31)26(32)36(20)28-34-35-29(43-28)42-15-23(38)33-17-10-8-16(9-11-17)27(39)40/h4-11,24H,12-13,15,32H2,1-3H3,(H,33,38)(H,39,40). The summed E-state index contributed by atoms with van der Waals surface area (Å²) >= 11 is 2.37. The number of rotatable bonds is 8. The zero-order chi connectivity index (χ0) is 30.9. The number of para-hydroxylation sites is 1. The van der Waals surface area contributed by atoms with Gasteiger partial charge < -0.3 is 20.9 Å². The third kappa shape index (κ3) is 5.97. The number of benzene rings is 2. The van der Waals surface area contributed by atoms with Gasteiger partial charge in [0, 0.05) is 28.9 Å². The lowest BCUT2D eigenvalue weighted by molar-refractivity contribution is -0.118. The van der Waals surface area contributed by atoms with E-state index in [1.165, 1.54) is 47.4 Å². The van der Waals surface area contributed by atoms with Crippen LogP contribution in [0.15, 0.2) is 75.5 Å². The molecule has 43 heavy (non-hydrogen) atoms. The summed E-state index contributed by atoms with van der Waals surface area (Å²) in [5, 5.41) is 31.0. The zero-order valence-corrected chi connectivity index (χ0v) is 25.2. The van der Waals surface area contributed by atoms with Gasteiger partial charge in [0.2, 0.25) is 11.0 Å². The Morgan fingerprint density at radius 1 is 1.21 bits per heavy atom. The van der Waals surface area contributed by atoms with Gasteiger partial charge >= 0.3 is 5.97 Å². The van der Waals surface area contributed by atoms with Gasteiger partial charge in [-0.05, 0) is 42.2 Å². The van der Waals surface area contributed by atoms with Crippen LogP contribution < -0.4 is 20.7 Å². The lowest BCUT2D eigenvalue weighted by Crippen LogP contribution is -2.42. The van der Waals surface area contributed by atoms with Gasteiger partial charge in [-0.1, -0.05) is 55.1 Å². The van der Waals surface area contributed by atoms with Crippen LogP contribution >= 0.6 is 23.1 Å². The molecular weight excluding hydrogens is 589 g/mol. The number of carboxylic acids is 1. The maximum Gasteiger partial charge on any atom is 0.335 e. The molecule has 1 aliphatic heterocycles. The Hall–Kier alpha value is -4.67. The minimum absolute atomic E-state index is 0.0272. The van der Waals surface area contributed by atoms with Crippen molar-refractivity contribution in [2.24, 2.45) is 11.1 Å². The number of nitrogens with one attached hydrogen (secondary N) is 1. The summed E-state index contributed by atoms with van der Waals surface area (Å²) < 4.78 is 6.09. The Bertz CT molecular complexity index is 1720. The van der Waals surface area contributed by atoms with Gasteiger partial charge in [0.05, 0.1) is 36.0 Å². The monoisotopic (exact) mass is 616 g/mol. The number of methoxy groups -OCH3 is 1. The van der Waals surface area contributed by atoms with E-state index in [0.29, 0.717) is 50.6 Å². The number of Topliss-reactive ketones (excluding diaryl/α,β-unsaturated/α-hetero) is 1. The molecule has 0 radical (unpaired) electrons. The lowest BCUT2D eigenvalue weighted by Gasteiger charge is -2.42. The summed E-state index contributed by atoms with van der Waals surface area (Å²) in [4.78, 5) is 39.0. The van der Waals surface area contributed by atoms with E-state index in [1.54, 1.807) is 18.1 Å². The van der Waals surface area contributed by atoms with Crippen LogP contribution in [-0.2, 0) is 9.59 Å².